The molecule has 0 radical (unpaired) electrons. The highest BCUT2D eigenvalue weighted by Crippen LogP contribution is 2.26. The lowest BCUT2D eigenvalue weighted by Crippen LogP contribution is -2.22. The molecule has 2 aromatic carbocycles. The number of hydrogen-bond donors (Lipinski definition) is 0. The smallest absolute Gasteiger partial charge is 0.157 e. The number of nitrogens with zero attached hydrogens (tertiary/aromatic N) is 3. The summed E-state index contributed by atoms with van der Waals surface area (Å²) in [6.45, 7) is 0. The summed E-state index contributed by atoms with van der Waals surface area (Å²) in [6.07, 6.45) is 0. The van der Waals surface area contributed by atoms with E-state index in [1.807, 2.05) is 66.7 Å². The van der Waals surface area contributed by atoms with Crippen LogP contribution in [0.4, 0.5) is 0 Å². The van der Waals surface area contributed by atoms with Gasteiger partial charge in [-0.2, -0.15) is 5.10 Å². The Morgan fingerprint density at radius 2 is 1.50 bits per heavy atom. The van der Waals surface area contributed by atoms with E-state index in [-0.39, 0.29) is 5.69 Å². The molecule has 0 saturated heterocycles. The first-order valence-corrected chi connectivity index (χ1v) is 7.45. The summed E-state index contributed by atoms with van der Waals surface area (Å²) in [7, 11) is 0. The van der Waals surface area contributed by atoms with Crippen LogP contribution in [0, 0.1) is 0 Å². The highest BCUT2D eigenvalue weighted by molar-refractivity contribution is 5.85. The maximum atomic E-state index is 11.2. The maximum Gasteiger partial charge on any atom is 0.157 e. The molecule has 0 aliphatic rings. The van der Waals surface area contributed by atoms with Crippen LogP contribution in [0.3, 0.4) is 0 Å². The van der Waals surface area contributed by atoms with Crippen molar-refractivity contribution < 1.29 is 9.90 Å². The van der Waals surface area contributed by atoms with Gasteiger partial charge in [-0.05, 0) is 6.07 Å². The molecule has 2 aromatic heterocycles. The fraction of sp³-hybridized carbons (Fsp3) is 0. The van der Waals surface area contributed by atoms with E-state index in [2.05, 4.69) is 10.1 Å². The number of fused-ring (bicyclic) bond motifs is 1. The Kier molecular flexibility index (Phi) is 3.31. The molecule has 2 heterocycles. The summed E-state index contributed by atoms with van der Waals surface area (Å²) in [5, 5.41) is 15.3. The third kappa shape index (κ3) is 2.42. The van der Waals surface area contributed by atoms with E-state index in [0.29, 0.717) is 5.65 Å². The Balaban J connectivity index is 2.02. The lowest BCUT2D eigenvalue weighted by atomic mass is 10.1. The molecule has 0 unspecified atom stereocenters. The topological polar surface area (TPSA) is 70.3 Å². The Labute approximate surface area is 137 Å². The zero-order valence-corrected chi connectivity index (χ0v) is 12.6. The monoisotopic (exact) mass is 314 g/mol. The first-order valence-electron chi connectivity index (χ1n) is 7.45. The predicted molar refractivity (Wildman–Crippen MR) is 88.2 cm³/mol. The summed E-state index contributed by atoms with van der Waals surface area (Å²) in [4.78, 5) is 15.7. The van der Waals surface area contributed by atoms with Crippen LogP contribution in [0.25, 0.3) is 28.2 Å². The summed E-state index contributed by atoms with van der Waals surface area (Å²) < 4.78 is 1.53. The van der Waals surface area contributed by atoms with Crippen LogP contribution < -0.4 is 5.11 Å². The van der Waals surface area contributed by atoms with Crippen LogP contribution >= 0.6 is 0 Å². The standard InChI is InChI=1S/C19H13N3O2/c23-19(24)16-12-18-20-15(13-7-3-1-4-8-13)11-17(22(18)21-16)14-9-5-2-6-10-14/h1-12H,(H,23,24)/p-1. The normalized spacial score (nSPS) is 10.8. The van der Waals surface area contributed by atoms with E-state index >= 15 is 0 Å². The van der Waals surface area contributed by atoms with E-state index < -0.39 is 5.97 Å². The Hall–Kier alpha value is -3.47. The fourth-order valence-electron chi connectivity index (χ4n) is 2.65. The molecule has 0 saturated carbocycles. The Morgan fingerprint density at radius 3 is 2.12 bits per heavy atom. The molecule has 5 heteroatoms. The molecular weight excluding hydrogens is 302 g/mol. The number of carboxylic acid groups (broad SMARTS) is 1. The molecule has 0 aliphatic carbocycles. The van der Waals surface area contributed by atoms with Gasteiger partial charge < -0.3 is 9.90 Å². The molecule has 4 aromatic rings. The van der Waals surface area contributed by atoms with E-state index in [1.165, 1.54) is 10.6 Å². The van der Waals surface area contributed by atoms with Gasteiger partial charge in [0.05, 0.1) is 17.4 Å². The van der Waals surface area contributed by atoms with Gasteiger partial charge in [-0.3, -0.25) is 0 Å². The lowest BCUT2D eigenvalue weighted by molar-refractivity contribution is -0.255. The summed E-state index contributed by atoms with van der Waals surface area (Å²) >= 11 is 0. The maximum absolute atomic E-state index is 11.2. The molecule has 0 aliphatic heterocycles. The number of hydrogen-bond acceptors (Lipinski definition) is 4. The number of aromatic carboxylic acids is 1. The van der Waals surface area contributed by atoms with Crippen LogP contribution in [0.2, 0.25) is 0 Å². The molecular formula is C19H12N3O2-. The van der Waals surface area contributed by atoms with Crippen molar-refractivity contribution in [3.63, 3.8) is 0 Å². The van der Waals surface area contributed by atoms with Crippen LogP contribution in [-0.4, -0.2) is 20.6 Å². The van der Waals surface area contributed by atoms with Crippen molar-refractivity contribution in [2.45, 2.75) is 0 Å². The highest BCUT2D eigenvalue weighted by atomic mass is 16.4. The lowest BCUT2D eigenvalue weighted by Gasteiger charge is -2.08. The molecule has 116 valence electrons. The van der Waals surface area contributed by atoms with Gasteiger partial charge in [0, 0.05) is 17.2 Å². The molecule has 5 nitrogen and oxygen atoms in total. The van der Waals surface area contributed by atoms with Crippen LogP contribution in [-0.2, 0) is 0 Å². The largest absolute Gasteiger partial charge is 0.543 e. The van der Waals surface area contributed by atoms with Crippen LogP contribution in [0.1, 0.15) is 10.5 Å². The van der Waals surface area contributed by atoms with Crippen molar-refractivity contribution in [2.24, 2.45) is 0 Å². The number of carbonyl (C=O) groups excluding carboxylic acids is 1. The zero-order chi connectivity index (χ0) is 16.5. The van der Waals surface area contributed by atoms with Gasteiger partial charge >= 0.3 is 0 Å². The predicted octanol–water partition coefficient (Wildman–Crippen LogP) is 2.43. The van der Waals surface area contributed by atoms with Crippen molar-refractivity contribution in [1.29, 1.82) is 0 Å². The third-order valence-corrected chi connectivity index (χ3v) is 3.78. The van der Waals surface area contributed by atoms with Crippen molar-refractivity contribution in [3.05, 3.63) is 78.5 Å². The molecule has 0 amide bonds. The highest BCUT2D eigenvalue weighted by Gasteiger charge is 2.12. The minimum Gasteiger partial charge on any atom is -0.543 e. The minimum atomic E-state index is -1.32. The molecule has 0 spiro atoms. The molecule has 0 atom stereocenters. The van der Waals surface area contributed by atoms with Gasteiger partial charge in [-0.1, -0.05) is 60.7 Å². The summed E-state index contributed by atoms with van der Waals surface area (Å²) in [5.74, 6) is -1.32. The van der Waals surface area contributed by atoms with E-state index in [0.717, 1.165) is 22.5 Å². The second-order valence-electron chi connectivity index (χ2n) is 5.35. The van der Waals surface area contributed by atoms with Gasteiger partial charge in [0.15, 0.2) is 5.65 Å². The molecule has 4 rings (SSSR count). The van der Waals surface area contributed by atoms with Crippen molar-refractivity contribution in [1.82, 2.24) is 14.6 Å². The zero-order valence-electron chi connectivity index (χ0n) is 12.6. The Morgan fingerprint density at radius 1 is 0.875 bits per heavy atom. The number of aromatic nitrogens is 3. The number of rotatable bonds is 3. The fourth-order valence-corrected chi connectivity index (χ4v) is 2.65. The van der Waals surface area contributed by atoms with Crippen LogP contribution in [0.15, 0.2) is 72.8 Å². The van der Waals surface area contributed by atoms with E-state index in [9.17, 15) is 9.90 Å². The van der Waals surface area contributed by atoms with E-state index in [1.54, 1.807) is 0 Å². The molecule has 0 N–H and O–H groups in total. The molecule has 0 fully saturated rings. The number of carbonyl (C=O) groups is 1. The second kappa shape index (κ2) is 5.62. The van der Waals surface area contributed by atoms with Gasteiger partial charge in [0.1, 0.15) is 5.69 Å². The van der Waals surface area contributed by atoms with Gasteiger partial charge in [-0.25, -0.2) is 9.50 Å². The quantitative estimate of drug-likeness (QED) is 0.582. The second-order valence-corrected chi connectivity index (χ2v) is 5.35. The first kappa shape index (κ1) is 14.1. The molecule has 0 bridgehead atoms. The van der Waals surface area contributed by atoms with Gasteiger partial charge in [-0.15, -0.1) is 0 Å². The minimum absolute atomic E-state index is 0.134. The van der Waals surface area contributed by atoms with E-state index in [4.69, 9.17) is 0 Å². The summed E-state index contributed by atoms with van der Waals surface area (Å²) in [5.41, 5.74) is 3.74. The average Bonchev–Trinajstić information content (AvgIpc) is 3.07. The van der Waals surface area contributed by atoms with Gasteiger partial charge in [0.2, 0.25) is 0 Å². The SMILES string of the molecule is O=C([O-])c1cc2nc(-c3ccccc3)cc(-c3ccccc3)n2n1. The average molecular weight is 314 g/mol. The Bertz CT molecular complexity index is 1020. The van der Waals surface area contributed by atoms with Crippen molar-refractivity contribution >= 4 is 11.6 Å². The number of carboxylic acids is 1. The first-order chi connectivity index (χ1) is 11.7. The third-order valence-electron chi connectivity index (χ3n) is 3.78. The van der Waals surface area contributed by atoms with Crippen molar-refractivity contribution in [3.8, 4) is 22.5 Å². The van der Waals surface area contributed by atoms with Gasteiger partial charge in [0.25, 0.3) is 0 Å². The van der Waals surface area contributed by atoms with Crippen molar-refractivity contribution in [2.75, 3.05) is 0 Å². The molecule has 24 heavy (non-hydrogen) atoms. The van der Waals surface area contributed by atoms with Crippen LogP contribution in [0.5, 0.6) is 0 Å². The summed E-state index contributed by atoms with van der Waals surface area (Å²) in [6, 6.07) is 22.7. The number of benzene rings is 2.